The predicted molar refractivity (Wildman–Crippen MR) is 148 cm³/mol. The van der Waals surface area contributed by atoms with Crippen molar-refractivity contribution < 1.29 is 42.9 Å². The molecule has 0 aliphatic carbocycles. The summed E-state index contributed by atoms with van der Waals surface area (Å²) in [5, 5.41) is 9.86. The van der Waals surface area contributed by atoms with Crippen LogP contribution in [0.25, 0.3) is 6.08 Å². The maximum atomic E-state index is 13.1. The van der Waals surface area contributed by atoms with Gasteiger partial charge in [0.15, 0.2) is 0 Å². The van der Waals surface area contributed by atoms with Gasteiger partial charge in [-0.2, -0.15) is 0 Å². The van der Waals surface area contributed by atoms with Gasteiger partial charge in [-0.15, -0.1) is 0 Å². The molecule has 1 amide bonds. The molecule has 0 spiro atoms. The van der Waals surface area contributed by atoms with Crippen LogP contribution >= 0.6 is 0 Å². The van der Waals surface area contributed by atoms with E-state index in [4.69, 9.17) is 30.1 Å². The third kappa shape index (κ3) is 10.2. The van der Waals surface area contributed by atoms with E-state index in [2.05, 4.69) is 5.32 Å². The number of hydrogen-bond acceptors (Lipinski definition) is 10. The zero-order chi connectivity index (χ0) is 30.4. The Hall–Kier alpha value is -5.00. The second-order valence-corrected chi connectivity index (χ2v) is 8.35. The number of hydrogen-bond donors (Lipinski definition) is 3. The number of benzene rings is 2. The largest absolute Gasteiger partial charge is 0.466 e. The number of nitrogen functional groups attached to an aromatic ring is 1. The molecular weight excluding hydrogens is 534 g/mol. The molecule has 4 N–H and O–H groups in total. The van der Waals surface area contributed by atoms with Crippen molar-refractivity contribution in [1.29, 1.82) is 5.41 Å². The van der Waals surface area contributed by atoms with Gasteiger partial charge in [0.05, 0.1) is 25.4 Å². The molecule has 0 bridgehead atoms. The van der Waals surface area contributed by atoms with Crippen LogP contribution in [0.1, 0.15) is 55.1 Å². The van der Waals surface area contributed by atoms with Crippen LogP contribution in [0.15, 0.2) is 54.1 Å². The topological polar surface area (TPSA) is 184 Å². The number of ether oxygens (including phenoxy) is 4. The molecule has 0 aliphatic rings. The van der Waals surface area contributed by atoms with Gasteiger partial charge in [0, 0.05) is 12.0 Å². The Balaban J connectivity index is 2.22. The fourth-order valence-corrected chi connectivity index (χ4v) is 3.40. The Morgan fingerprint density at radius 1 is 0.854 bits per heavy atom. The van der Waals surface area contributed by atoms with Crippen molar-refractivity contribution >= 4 is 41.7 Å². The van der Waals surface area contributed by atoms with Crippen molar-refractivity contribution in [1.82, 2.24) is 5.32 Å². The van der Waals surface area contributed by atoms with Crippen molar-refractivity contribution in [2.45, 2.75) is 39.7 Å². The van der Waals surface area contributed by atoms with Crippen molar-refractivity contribution in [2.75, 3.05) is 19.8 Å². The van der Waals surface area contributed by atoms with E-state index in [1.807, 2.05) is 0 Å². The van der Waals surface area contributed by atoms with Crippen LogP contribution in [-0.2, 0) is 33.4 Å². The smallest absolute Gasteiger partial charge is 0.343 e. The molecule has 1 atom stereocenters. The second kappa shape index (κ2) is 16.2. The van der Waals surface area contributed by atoms with Gasteiger partial charge >= 0.3 is 23.9 Å². The highest BCUT2D eigenvalue weighted by Crippen LogP contribution is 2.16. The van der Waals surface area contributed by atoms with E-state index in [0.29, 0.717) is 11.1 Å². The van der Waals surface area contributed by atoms with Gasteiger partial charge in [-0.1, -0.05) is 12.1 Å². The number of amides is 1. The first-order valence-electron chi connectivity index (χ1n) is 12.9. The molecular formula is C29H33N3O9. The Labute approximate surface area is 237 Å². The molecule has 2 rings (SSSR count). The van der Waals surface area contributed by atoms with Crippen LogP contribution in [0, 0.1) is 5.41 Å². The van der Waals surface area contributed by atoms with E-state index in [0.717, 1.165) is 0 Å². The van der Waals surface area contributed by atoms with E-state index in [9.17, 15) is 24.0 Å². The zero-order valence-corrected chi connectivity index (χ0v) is 23.1. The summed E-state index contributed by atoms with van der Waals surface area (Å²) >= 11 is 0. The summed E-state index contributed by atoms with van der Waals surface area (Å²) in [6.45, 7) is 5.01. The summed E-state index contributed by atoms with van der Waals surface area (Å²) in [5.74, 6) is -3.69. The number of amidine groups is 1. The molecule has 12 heteroatoms. The maximum Gasteiger partial charge on any atom is 0.343 e. The van der Waals surface area contributed by atoms with E-state index < -0.39 is 41.4 Å². The number of nitrogens with one attached hydrogen (secondary N) is 2. The van der Waals surface area contributed by atoms with Crippen molar-refractivity contribution in [3.63, 3.8) is 0 Å². The summed E-state index contributed by atoms with van der Waals surface area (Å²) in [4.78, 5) is 62.5. The standard InChI is InChI=1S/C29H33N3O9/c1-4-38-24(33)16-15-23(29(37)40-6-3)32-26(34)22(28(36)39-5-2)17-18-7-9-20(10-8-18)27(35)41-21-13-11-19(12-14-21)25(30)31/h7-14,17,23H,4-6,15-16H2,1-3H3,(H3,30,31)(H,32,34). The third-order valence-electron chi connectivity index (χ3n) is 5.39. The highest BCUT2D eigenvalue weighted by atomic mass is 16.5. The lowest BCUT2D eigenvalue weighted by molar-refractivity contribution is -0.149. The molecule has 41 heavy (non-hydrogen) atoms. The molecule has 1 unspecified atom stereocenters. The molecule has 2 aromatic carbocycles. The van der Waals surface area contributed by atoms with E-state index >= 15 is 0 Å². The van der Waals surface area contributed by atoms with E-state index in [-0.39, 0.29) is 49.8 Å². The molecule has 0 saturated heterocycles. The molecule has 0 heterocycles. The summed E-state index contributed by atoms with van der Waals surface area (Å²) in [6.07, 6.45) is 0.985. The van der Waals surface area contributed by atoms with Crippen LogP contribution in [0.4, 0.5) is 0 Å². The molecule has 0 saturated carbocycles. The first-order valence-corrected chi connectivity index (χ1v) is 12.9. The van der Waals surface area contributed by atoms with Crippen LogP contribution < -0.4 is 15.8 Å². The molecule has 12 nitrogen and oxygen atoms in total. The number of rotatable bonds is 14. The maximum absolute atomic E-state index is 13.1. The van der Waals surface area contributed by atoms with Gasteiger partial charge in [0.2, 0.25) is 0 Å². The first-order chi connectivity index (χ1) is 19.6. The predicted octanol–water partition coefficient (Wildman–Crippen LogP) is 2.53. The van der Waals surface area contributed by atoms with Gasteiger partial charge in [-0.05, 0) is 75.2 Å². The number of carbonyl (C=O) groups is 5. The molecule has 218 valence electrons. The minimum Gasteiger partial charge on any atom is -0.466 e. The quantitative estimate of drug-likeness (QED) is 0.0448. The van der Waals surface area contributed by atoms with E-state index in [1.54, 1.807) is 32.9 Å². The Morgan fingerprint density at radius 3 is 2.00 bits per heavy atom. The number of esters is 4. The van der Waals surface area contributed by atoms with Crippen LogP contribution in [0.5, 0.6) is 5.75 Å². The lowest BCUT2D eigenvalue weighted by Gasteiger charge is -2.18. The Morgan fingerprint density at radius 2 is 1.44 bits per heavy atom. The summed E-state index contributed by atoms with van der Waals surface area (Å²) in [6, 6.07) is 10.8. The average molecular weight is 568 g/mol. The lowest BCUT2D eigenvalue weighted by Crippen LogP contribution is -2.44. The molecule has 0 fully saturated rings. The number of carbonyl (C=O) groups excluding carboxylic acids is 5. The molecule has 0 aromatic heterocycles. The SMILES string of the molecule is CCOC(=O)CCC(NC(=O)C(=Cc1ccc(C(=O)Oc2ccc(C(=N)N)cc2)cc1)C(=O)OCC)C(=O)OCC. The average Bonchev–Trinajstić information content (AvgIpc) is 2.94. The van der Waals surface area contributed by atoms with E-state index in [1.165, 1.54) is 42.5 Å². The molecule has 0 radical (unpaired) electrons. The van der Waals surface area contributed by atoms with Gasteiger partial charge in [0.25, 0.3) is 5.91 Å². The van der Waals surface area contributed by atoms with Gasteiger partial charge in [-0.3, -0.25) is 15.0 Å². The van der Waals surface area contributed by atoms with Gasteiger partial charge in [-0.25, -0.2) is 14.4 Å². The summed E-state index contributed by atoms with van der Waals surface area (Å²) in [5.41, 5.74) is 6.07. The Kier molecular flexibility index (Phi) is 12.7. The zero-order valence-electron chi connectivity index (χ0n) is 23.1. The highest BCUT2D eigenvalue weighted by molar-refractivity contribution is 6.20. The monoisotopic (exact) mass is 567 g/mol. The van der Waals surface area contributed by atoms with Crippen molar-refractivity contribution in [2.24, 2.45) is 5.73 Å². The normalized spacial score (nSPS) is 11.5. The van der Waals surface area contributed by atoms with Crippen LogP contribution in [0.2, 0.25) is 0 Å². The van der Waals surface area contributed by atoms with Gasteiger partial charge in [0.1, 0.15) is 23.2 Å². The second-order valence-electron chi connectivity index (χ2n) is 8.35. The lowest BCUT2D eigenvalue weighted by atomic mass is 10.1. The number of nitrogens with two attached hydrogens (primary N) is 1. The summed E-state index contributed by atoms with van der Waals surface area (Å²) < 4.78 is 20.2. The third-order valence-corrected chi connectivity index (χ3v) is 5.39. The van der Waals surface area contributed by atoms with Crippen molar-refractivity contribution in [3.05, 3.63) is 70.8 Å². The Bertz CT molecular complexity index is 1290. The minimum absolute atomic E-state index is 0.00814. The highest BCUT2D eigenvalue weighted by Gasteiger charge is 2.28. The molecule has 0 aliphatic heterocycles. The van der Waals surface area contributed by atoms with Crippen LogP contribution in [-0.4, -0.2) is 61.5 Å². The van der Waals surface area contributed by atoms with Crippen molar-refractivity contribution in [3.8, 4) is 5.75 Å². The fraction of sp³-hybridized carbons (Fsp3) is 0.310. The first kappa shape index (κ1) is 32.2. The molecule has 2 aromatic rings. The minimum atomic E-state index is -1.22. The summed E-state index contributed by atoms with van der Waals surface area (Å²) in [7, 11) is 0. The van der Waals surface area contributed by atoms with Gasteiger partial charge < -0.3 is 30.0 Å². The fourth-order valence-electron chi connectivity index (χ4n) is 3.40. The van der Waals surface area contributed by atoms with Crippen LogP contribution in [0.3, 0.4) is 0 Å².